The van der Waals surface area contributed by atoms with Crippen LogP contribution in [0.15, 0.2) is 79.4 Å². The van der Waals surface area contributed by atoms with E-state index in [2.05, 4.69) is 20.4 Å². The van der Waals surface area contributed by atoms with Gasteiger partial charge in [-0.15, -0.1) is 6.58 Å². The van der Waals surface area contributed by atoms with Gasteiger partial charge in [-0.2, -0.15) is 0 Å². The van der Waals surface area contributed by atoms with Crippen LogP contribution in [0, 0.1) is 11.8 Å². The van der Waals surface area contributed by atoms with Crippen molar-refractivity contribution >= 4 is 29.3 Å². The van der Waals surface area contributed by atoms with Crippen molar-refractivity contribution in [3.05, 3.63) is 102 Å². The molecule has 0 unspecified atom stereocenters. The van der Waals surface area contributed by atoms with Crippen molar-refractivity contribution < 1.29 is 33.7 Å². The highest BCUT2D eigenvalue weighted by Gasteiger charge is 2.66. The third-order valence-electron chi connectivity index (χ3n) is 11.5. The molecule has 0 saturated carbocycles. The summed E-state index contributed by atoms with van der Waals surface area (Å²) in [7, 11) is 1.63. The summed E-state index contributed by atoms with van der Waals surface area (Å²) in [5.41, 5.74) is 3.21. The second-order valence-electron chi connectivity index (χ2n) is 14.4. The highest BCUT2D eigenvalue weighted by atomic mass is 16.6. The van der Waals surface area contributed by atoms with Crippen LogP contribution in [0.2, 0.25) is 0 Å². The molecule has 3 aromatic carbocycles. The standard InChI is InChI=1S/C40H45N3O7/c1-6-17-42-33-16-13-29(41-18-19-49-38(41)47)21-32(33)40(37(42)46)25(2)36(39(3,4)28-11-14-31(48-5)15-12-28)34(50-40)22-35(45)43-23-27-10-8-7-9-26(27)20-30(43)24-44/h6-16,21,25,30,34,36,44H,1,17-20,22-24H2,2-5H3/t25-,30+,34+,36-,40+/m1/s1. The molecule has 1 N–H and O–H groups in total. The lowest BCUT2D eigenvalue weighted by Crippen LogP contribution is -2.48. The van der Waals surface area contributed by atoms with E-state index in [1.807, 2.05) is 73.7 Å². The quantitative estimate of drug-likeness (QED) is 0.304. The maximum atomic E-state index is 14.8. The molecule has 0 aromatic heterocycles. The third kappa shape index (κ3) is 5.27. The number of aliphatic hydroxyl groups is 1. The number of nitrogens with zero attached hydrogens (tertiary/aromatic N) is 3. The Balaban J connectivity index is 1.32. The first-order valence-corrected chi connectivity index (χ1v) is 17.4. The Morgan fingerprint density at radius 2 is 1.84 bits per heavy atom. The molecule has 1 spiro atoms. The number of carbonyl (C=O) groups is 3. The average Bonchev–Trinajstić information content (AvgIpc) is 3.76. The number of ether oxygens (including phenoxy) is 3. The molecule has 5 atom stereocenters. The van der Waals surface area contributed by atoms with Gasteiger partial charge >= 0.3 is 6.09 Å². The molecule has 0 aliphatic carbocycles. The van der Waals surface area contributed by atoms with E-state index in [4.69, 9.17) is 14.2 Å². The number of cyclic esters (lactones) is 1. The molecule has 3 amide bonds. The van der Waals surface area contributed by atoms with Crippen LogP contribution in [0.3, 0.4) is 0 Å². The van der Waals surface area contributed by atoms with Crippen molar-refractivity contribution in [2.45, 2.75) is 63.3 Å². The van der Waals surface area contributed by atoms with Gasteiger partial charge in [-0.25, -0.2) is 4.79 Å². The van der Waals surface area contributed by atoms with Gasteiger partial charge in [0.25, 0.3) is 5.91 Å². The molecule has 0 bridgehead atoms. The fourth-order valence-electron chi connectivity index (χ4n) is 8.94. The number of carbonyl (C=O) groups excluding carboxylic acids is 3. The number of anilines is 2. The van der Waals surface area contributed by atoms with Gasteiger partial charge in [0.1, 0.15) is 12.4 Å². The molecule has 7 rings (SSSR count). The first-order chi connectivity index (χ1) is 24.0. The van der Waals surface area contributed by atoms with Crippen molar-refractivity contribution in [2.24, 2.45) is 11.8 Å². The molecule has 262 valence electrons. The summed E-state index contributed by atoms with van der Waals surface area (Å²) in [4.78, 5) is 47.0. The van der Waals surface area contributed by atoms with E-state index in [1.54, 1.807) is 27.9 Å². The fraction of sp³-hybridized carbons (Fsp3) is 0.425. The van der Waals surface area contributed by atoms with Crippen LogP contribution in [0.4, 0.5) is 16.2 Å². The number of amides is 3. The third-order valence-corrected chi connectivity index (χ3v) is 11.5. The largest absolute Gasteiger partial charge is 0.497 e. The molecule has 10 nitrogen and oxygen atoms in total. The normalized spacial score (nSPS) is 25.9. The van der Waals surface area contributed by atoms with Gasteiger partial charge in [-0.1, -0.05) is 63.2 Å². The summed E-state index contributed by atoms with van der Waals surface area (Å²) in [6.07, 6.45) is 1.18. The molecule has 10 heteroatoms. The van der Waals surface area contributed by atoms with Gasteiger partial charge < -0.3 is 29.1 Å². The zero-order valence-corrected chi connectivity index (χ0v) is 29.1. The molecule has 50 heavy (non-hydrogen) atoms. The molecular formula is C40H45N3O7. The van der Waals surface area contributed by atoms with Gasteiger partial charge in [-0.3, -0.25) is 14.5 Å². The summed E-state index contributed by atoms with van der Waals surface area (Å²) >= 11 is 0. The maximum Gasteiger partial charge on any atom is 0.414 e. The van der Waals surface area contributed by atoms with Crippen molar-refractivity contribution in [3.8, 4) is 5.75 Å². The minimum absolute atomic E-state index is 0.0250. The fourth-order valence-corrected chi connectivity index (χ4v) is 8.94. The Hall–Kier alpha value is -4.67. The van der Waals surface area contributed by atoms with Crippen molar-refractivity contribution in [1.82, 2.24) is 4.90 Å². The van der Waals surface area contributed by atoms with Gasteiger partial charge in [0.05, 0.1) is 44.5 Å². The molecule has 4 aliphatic rings. The second kappa shape index (κ2) is 12.9. The Kier molecular flexibility index (Phi) is 8.72. The van der Waals surface area contributed by atoms with Crippen LogP contribution >= 0.6 is 0 Å². The first kappa shape index (κ1) is 33.8. The predicted octanol–water partition coefficient (Wildman–Crippen LogP) is 5.34. The van der Waals surface area contributed by atoms with Crippen molar-refractivity contribution in [3.63, 3.8) is 0 Å². The van der Waals surface area contributed by atoms with Gasteiger partial charge in [0.15, 0.2) is 5.60 Å². The van der Waals surface area contributed by atoms with Crippen molar-refractivity contribution in [2.75, 3.05) is 43.2 Å². The highest BCUT2D eigenvalue weighted by Crippen LogP contribution is 2.60. The highest BCUT2D eigenvalue weighted by molar-refractivity contribution is 6.08. The minimum atomic E-state index is -1.43. The number of hydrogen-bond donors (Lipinski definition) is 1. The summed E-state index contributed by atoms with van der Waals surface area (Å²) in [6, 6.07) is 21.1. The average molecular weight is 680 g/mol. The van der Waals surface area contributed by atoms with Gasteiger partial charge in [-0.05, 0) is 58.9 Å². The second-order valence-corrected chi connectivity index (χ2v) is 14.4. The number of methoxy groups -OCH3 is 1. The van der Waals surface area contributed by atoms with Crippen LogP contribution in [0.1, 0.15) is 49.4 Å². The van der Waals surface area contributed by atoms with Crippen LogP contribution in [0.5, 0.6) is 5.75 Å². The van der Waals surface area contributed by atoms with E-state index in [1.165, 1.54) is 0 Å². The van der Waals surface area contributed by atoms with E-state index in [9.17, 15) is 19.5 Å². The van der Waals surface area contributed by atoms with E-state index in [0.29, 0.717) is 36.4 Å². The first-order valence-electron chi connectivity index (χ1n) is 17.4. The molecule has 2 saturated heterocycles. The lowest BCUT2D eigenvalue weighted by Gasteiger charge is -2.40. The number of rotatable bonds is 9. The van der Waals surface area contributed by atoms with E-state index in [0.717, 1.165) is 22.4 Å². The Labute approximate surface area is 293 Å². The SMILES string of the molecule is C=CCN1C(=O)[C@@]2(O[C@@H](CC(=O)N3Cc4ccccc4C[C@H]3CO)[C@H](C(C)(C)c3ccc(OC)cc3)[C@H]2C)c2cc(N3CCOC3=O)ccc21. The monoisotopic (exact) mass is 679 g/mol. The molecule has 0 radical (unpaired) electrons. The predicted molar refractivity (Wildman–Crippen MR) is 189 cm³/mol. The van der Waals surface area contributed by atoms with E-state index in [-0.39, 0.29) is 50.0 Å². The lowest BCUT2D eigenvalue weighted by atomic mass is 9.63. The number of benzene rings is 3. The molecular weight excluding hydrogens is 634 g/mol. The minimum Gasteiger partial charge on any atom is -0.497 e. The Morgan fingerprint density at radius 1 is 1.10 bits per heavy atom. The topological polar surface area (TPSA) is 109 Å². The summed E-state index contributed by atoms with van der Waals surface area (Å²) in [6.45, 7) is 11.4. The summed E-state index contributed by atoms with van der Waals surface area (Å²) in [5.74, 6) is -0.311. The van der Waals surface area contributed by atoms with Gasteiger partial charge in [0.2, 0.25) is 5.91 Å². The number of fused-ring (bicyclic) bond motifs is 3. The summed E-state index contributed by atoms with van der Waals surface area (Å²) < 4.78 is 17.8. The van der Waals surface area contributed by atoms with E-state index >= 15 is 0 Å². The number of aliphatic hydroxyl groups excluding tert-OH is 1. The zero-order chi connectivity index (χ0) is 35.4. The lowest BCUT2D eigenvalue weighted by molar-refractivity contribution is -0.151. The van der Waals surface area contributed by atoms with Crippen LogP contribution < -0.4 is 14.5 Å². The molecule has 3 aromatic rings. The summed E-state index contributed by atoms with van der Waals surface area (Å²) in [5, 5.41) is 10.4. The van der Waals surface area contributed by atoms with Crippen LogP contribution in [-0.4, -0.2) is 73.5 Å². The van der Waals surface area contributed by atoms with E-state index < -0.39 is 29.1 Å². The molecule has 4 aliphatic heterocycles. The van der Waals surface area contributed by atoms with Crippen LogP contribution in [0.25, 0.3) is 0 Å². The molecule has 4 heterocycles. The van der Waals surface area contributed by atoms with Crippen LogP contribution in [-0.2, 0) is 43.0 Å². The Morgan fingerprint density at radius 3 is 2.50 bits per heavy atom. The van der Waals surface area contributed by atoms with Crippen molar-refractivity contribution in [1.29, 1.82) is 0 Å². The maximum absolute atomic E-state index is 14.8. The van der Waals surface area contributed by atoms with Gasteiger partial charge in [0, 0.05) is 36.2 Å². The zero-order valence-electron chi connectivity index (χ0n) is 29.1. The smallest absolute Gasteiger partial charge is 0.414 e. The Bertz CT molecular complexity index is 1820. The molecule has 2 fully saturated rings. The number of hydrogen-bond acceptors (Lipinski definition) is 7.